The predicted octanol–water partition coefficient (Wildman–Crippen LogP) is 2.02. The summed E-state index contributed by atoms with van der Waals surface area (Å²) >= 11 is 0. The van der Waals surface area contributed by atoms with Crippen LogP contribution in [0, 0.1) is 5.92 Å². The van der Waals surface area contributed by atoms with Gasteiger partial charge in [0.25, 0.3) is 0 Å². The first kappa shape index (κ1) is 17.2. The first-order chi connectivity index (χ1) is 9.32. The zero-order valence-corrected chi connectivity index (χ0v) is 13.8. The zero-order valence-electron chi connectivity index (χ0n) is 13.0. The molecule has 0 saturated carbocycles. The van der Waals surface area contributed by atoms with Crippen LogP contribution in [0.2, 0.25) is 0 Å². The van der Waals surface area contributed by atoms with Gasteiger partial charge in [0.05, 0.1) is 0 Å². The minimum absolute atomic E-state index is 0.345. The van der Waals surface area contributed by atoms with Gasteiger partial charge < -0.3 is 10.3 Å². The SMILES string of the molecule is CCCn1cc(S(=O)(=O)N(C)CCC(C)C)cc1CN. The van der Waals surface area contributed by atoms with Gasteiger partial charge >= 0.3 is 0 Å². The second-order valence-corrected chi connectivity index (χ2v) is 7.62. The lowest BCUT2D eigenvalue weighted by atomic mass is 10.1. The van der Waals surface area contributed by atoms with Crippen molar-refractivity contribution in [3.05, 3.63) is 18.0 Å². The van der Waals surface area contributed by atoms with Crippen molar-refractivity contribution in [2.75, 3.05) is 13.6 Å². The van der Waals surface area contributed by atoms with Gasteiger partial charge in [0.1, 0.15) is 4.90 Å². The van der Waals surface area contributed by atoms with E-state index < -0.39 is 10.0 Å². The van der Waals surface area contributed by atoms with Crippen molar-refractivity contribution in [3.63, 3.8) is 0 Å². The van der Waals surface area contributed by atoms with Crippen LogP contribution in [-0.2, 0) is 23.1 Å². The van der Waals surface area contributed by atoms with E-state index in [4.69, 9.17) is 5.73 Å². The largest absolute Gasteiger partial charge is 0.349 e. The maximum Gasteiger partial charge on any atom is 0.244 e. The molecular formula is C14H27N3O2S. The molecule has 0 atom stereocenters. The molecular weight excluding hydrogens is 274 g/mol. The Hall–Kier alpha value is -0.850. The van der Waals surface area contributed by atoms with Crippen molar-refractivity contribution < 1.29 is 8.42 Å². The summed E-state index contributed by atoms with van der Waals surface area (Å²) in [5.74, 6) is 0.483. The Bertz CT molecular complexity index is 521. The van der Waals surface area contributed by atoms with Crippen LogP contribution in [0.3, 0.4) is 0 Å². The molecule has 0 radical (unpaired) electrons. The lowest BCUT2D eigenvalue weighted by Crippen LogP contribution is -2.28. The third-order valence-corrected chi connectivity index (χ3v) is 5.19. The van der Waals surface area contributed by atoms with Crippen LogP contribution in [0.25, 0.3) is 0 Å². The van der Waals surface area contributed by atoms with Gasteiger partial charge in [-0.05, 0) is 24.8 Å². The summed E-state index contributed by atoms with van der Waals surface area (Å²) in [4.78, 5) is 0.345. The highest BCUT2D eigenvalue weighted by Crippen LogP contribution is 2.19. The van der Waals surface area contributed by atoms with Crippen LogP contribution in [0.15, 0.2) is 17.2 Å². The minimum atomic E-state index is -3.41. The van der Waals surface area contributed by atoms with Gasteiger partial charge in [0, 0.05) is 38.6 Å². The predicted molar refractivity (Wildman–Crippen MR) is 81.9 cm³/mol. The lowest BCUT2D eigenvalue weighted by Gasteiger charge is -2.17. The Morgan fingerprint density at radius 3 is 2.55 bits per heavy atom. The van der Waals surface area contributed by atoms with E-state index in [0.717, 1.165) is 25.1 Å². The molecule has 0 aliphatic carbocycles. The first-order valence-corrected chi connectivity index (χ1v) is 8.62. The average Bonchev–Trinajstić information content (AvgIpc) is 2.80. The second-order valence-electron chi connectivity index (χ2n) is 5.57. The molecule has 2 N–H and O–H groups in total. The fraction of sp³-hybridized carbons (Fsp3) is 0.714. The quantitative estimate of drug-likeness (QED) is 0.798. The van der Waals surface area contributed by atoms with Crippen LogP contribution in [0.4, 0.5) is 0 Å². The Morgan fingerprint density at radius 1 is 1.40 bits per heavy atom. The highest BCUT2D eigenvalue weighted by atomic mass is 32.2. The number of nitrogens with zero attached hydrogens (tertiary/aromatic N) is 2. The number of aromatic nitrogens is 1. The molecule has 0 unspecified atom stereocenters. The maximum absolute atomic E-state index is 12.5. The van der Waals surface area contributed by atoms with Gasteiger partial charge in [-0.15, -0.1) is 0 Å². The first-order valence-electron chi connectivity index (χ1n) is 7.18. The van der Waals surface area contributed by atoms with E-state index in [1.54, 1.807) is 19.3 Å². The van der Waals surface area contributed by atoms with Crippen LogP contribution >= 0.6 is 0 Å². The van der Waals surface area contributed by atoms with E-state index in [1.165, 1.54) is 4.31 Å². The van der Waals surface area contributed by atoms with Gasteiger partial charge in [-0.25, -0.2) is 12.7 Å². The molecule has 0 aliphatic rings. The summed E-state index contributed by atoms with van der Waals surface area (Å²) in [5.41, 5.74) is 6.55. The number of hydrogen-bond acceptors (Lipinski definition) is 3. The molecule has 116 valence electrons. The Balaban J connectivity index is 2.97. The van der Waals surface area contributed by atoms with E-state index >= 15 is 0 Å². The van der Waals surface area contributed by atoms with Crippen LogP contribution in [0.1, 0.15) is 39.3 Å². The summed E-state index contributed by atoms with van der Waals surface area (Å²) in [5, 5.41) is 0. The molecule has 1 rings (SSSR count). The molecule has 0 fully saturated rings. The number of aryl methyl sites for hydroxylation is 1. The fourth-order valence-electron chi connectivity index (χ4n) is 2.03. The smallest absolute Gasteiger partial charge is 0.244 e. The summed E-state index contributed by atoms with van der Waals surface area (Å²) in [6.07, 6.45) is 3.51. The van der Waals surface area contributed by atoms with Gasteiger partial charge in [0.2, 0.25) is 10.0 Å². The Morgan fingerprint density at radius 2 is 2.05 bits per heavy atom. The Kier molecular flexibility index (Phi) is 6.23. The van der Waals surface area contributed by atoms with Gasteiger partial charge in [0.15, 0.2) is 0 Å². The topological polar surface area (TPSA) is 68.3 Å². The van der Waals surface area contributed by atoms with Crippen LogP contribution in [-0.4, -0.2) is 30.9 Å². The van der Waals surface area contributed by atoms with Crippen molar-refractivity contribution >= 4 is 10.0 Å². The van der Waals surface area contributed by atoms with Gasteiger partial charge in [-0.2, -0.15) is 0 Å². The third kappa shape index (κ3) is 4.07. The molecule has 20 heavy (non-hydrogen) atoms. The normalized spacial score (nSPS) is 12.6. The van der Waals surface area contributed by atoms with Crippen molar-refractivity contribution in [3.8, 4) is 0 Å². The molecule has 5 nitrogen and oxygen atoms in total. The number of nitrogens with two attached hydrogens (primary N) is 1. The molecule has 1 aromatic heterocycles. The standard InChI is InChI=1S/C14H27N3O2S/c1-5-7-17-11-14(9-13(17)10-15)20(18,19)16(4)8-6-12(2)3/h9,11-12H,5-8,10,15H2,1-4H3. The number of hydrogen-bond donors (Lipinski definition) is 1. The minimum Gasteiger partial charge on any atom is -0.349 e. The average molecular weight is 301 g/mol. The highest BCUT2D eigenvalue weighted by Gasteiger charge is 2.23. The molecule has 6 heteroatoms. The van der Waals surface area contributed by atoms with E-state index in [0.29, 0.717) is 23.9 Å². The van der Waals surface area contributed by atoms with Crippen molar-refractivity contribution in [1.82, 2.24) is 8.87 Å². The van der Waals surface area contributed by atoms with Gasteiger partial charge in [-0.1, -0.05) is 20.8 Å². The Labute approximate surface area is 122 Å². The van der Waals surface area contributed by atoms with Crippen molar-refractivity contribution in [2.24, 2.45) is 11.7 Å². The lowest BCUT2D eigenvalue weighted by molar-refractivity contribution is 0.428. The second kappa shape index (κ2) is 7.24. The molecule has 0 saturated heterocycles. The summed E-state index contributed by atoms with van der Waals surface area (Å²) in [7, 11) is -1.77. The maximum atomic E-state index is 12.5. The van der Waals surface area contributed by atoms with Gasteiger partial charge in [-0.3, -0.25) is 0 Å². The fourth-order valence-corrected chi connectivity index (χ4v) is 3.28. The highest BCUT2D eigenvalue weighted by molar-refractivity contribution is 7.89. The molecule has 0 aliphatic heterocycles. The summed E-state index contributed by atoms with van der Waals surface area (Å²) in [6.45, 7) is 7.92. The van der Waals surface area contributed by atoms with Crippen LogP contribution < -0.4 is 5.73 Å². The summed E-state index contributed by atoms with van der Waals surface area (Å²) < 4.78 is 28.4. The van der Waals surface area contributed by atoms with Crippen molar-refractivity contribution in [1.29, 1.82) is 0 Å². The molecule has 0 amide bonds. The monoisotopic (exact) mass is 301 g/mol. The summed E-state index contributed by atoms with van der Waals surface area (Å²) in [6, 6.07) is 1.69. The zero-order chi connectivity index (χ0) is 15.3. The molecule has 1 heterocycles. The van der Waals surface area contributed by atoms with E-state index in [9.17, 15) is 8.42 Å². The number of sulfonamides is 1. The number of rotatable bonds is 8. The molecule has 0 aromatic carbocycles. The third-order valence-electron chi connectivity index (χ3n) is 3.36. The van der Waals surface area contributed by atoms with E-state index in [1.807, 2.05) is 4.57 Å². The van der Waals surface area contributed by atoms with E-state index in [-0.39, 0.29) is 0 Å². The molecule has 1 aromatic rings. The molecule has 0 spiro atoms. The molecule has 0 bridgehead atoms. The van der Waals surface area contributed by atoms with Crippen LogP contribution in [0.5, 0.6) is 0 Å². The van der Waals surface area contributed by atoms with Crippen molar-refractivity contribution in [2.45, 2.75) is 51.6 Å². The van der Waals surface area contributed by atoms with E-state index in [2.05, 4.69) is 20.8 Å².